The van der Waals surface area contributed by atoms with E-state index in [1.165, 1.54) is 17.3 Å². The lowest BCUT2D eigenvalue weighted by Gasteiger charge is -2.26. The van der Waals surface area contributed by atoms with Gasteiger partial charge in [0.15, 0.2) is 0 Å². The minimum absolute atomic E-state index is 0.0387. The van der Waals surface area contributed by atoms with Crippen molar-refractivity contribution in [3.63, 3.8) is 0 Å². The molecule has 2 heterocycles. The molecule has 0 bridgehead atoms. The Morgan fingerprint density at radius 3 is 3.05 bits per heavy atom. The number of carbonyl (C=O) groups is 1. The fourth-order valence-electron chi connectivity index (χ4n) is 2.84. The highest BCUT2D eigenvalue weighted by Crippen LogP contribution is 2.30. The maximum Gasteiger partial charge on any atom is 0.336 e. The number of fused-ring (bicyclic) bond motifs is 1. The maximum absolute atomic E-state index is 11.2. The van der Waals surface area contributed by atoms with Crippen LogP contribution in [0.5, 0.6) is 0 Å². The third kappa shape index (κ3) is 2.95. The van der Waals surface area contributed by atoms with Gasteiger partial charge in [0, 0.05) is 12.4 Å². The van der Waals surface area contributed by atoms with Crippen LogP contribution < -0.4 is 0 Å². The molecule has 0 fully saturated rings. The molecule has 4 nitrogen and oxygen atoms in total. The van der Waals surface area contributed by atoms with Gasteiger partial charge in [0.05, 0.1) is 18.3 Å². The predicted molar refractivity (Wildman–Crippen MR) is 78.4 cm³/mol. The van der Waals surface area contributed by atoms with E-state index in [9.17, 15) is 9.90 Å². The van der Waals surface area contributed by atoms with Gasteiger partial charge in [-0.1, -0.05) is 24.3 Å². The van der Waals surface area contributed by atoms with Crippen LogP contribution in [-0.4, -0.2) is 22.7 Å². The lowest BCUT2D eigenvalue weighted by atomic mass is 9.93. The Hall–Kier alpha value is -2.20. The molecular formula is C17H17NO3. The second kappa shape index (κ2) is 6.06. The van der Waals surface area contributed by atoms with Gasteiger partial charge in [-0.25, -0.2) is 4.79 Å². The van der Waals surface area contributed by atoms with Crippen molar-refractivity contribution in [2.24, 2.45) is 0 Å². The molecule has 0 spiro atoms. The van der Waals surface area contributed by atoms with Crippen LogP contribution in [0.25, 0.3) is 0 Å². The maximum atomic E-state index is 11.2. The molecule has 1 N–H and O–H groups in total. The highest BCUT2D eigenvalue weighted by Gasteiger charge is 2.21. The fourth-order valence-corrected chi connectivity index (χ4v) is 2.84. The summed E-state index contributed by atoms with van der Waals surface area (Å²) in [5.41, 5.74) is 3.65. The third-order valence-electron chi connectivity index (χ3n) is 3.90. The molecule has 1 aromatic heterocycles. The zero-order valence-corrected chi connectivity index (χ0v) is 11.7. The largest absolute Gasteiger partial charge is 0.478 e. The summed E-state index contributed by atoms with van der Waals surface area (Å²) >= 11 is 0. The van der Waals surface area contributed by atoms with Gasteiger partial charge in [-0.15, -0.1) is 0 Å². The van der Waals surface area contributed by atoms with Crippen molar-refractivity contribution in [1.29, 1.82) is 0 Å². The fraction of sp³-hybridized carbons (Fsp3) is 0.294. The number of aromatic nitrogens is 1. The molecule has 0 amide bonds. The average Bonchev–Trinajstić information content (AvgIpc) is 2.53. The summed E-state index contributed by atoms with van der Waals surface area (Å²) in [6, 6.07) is 9.85. The van der Waals surface area contributed by atoms with Crippen LogP contribution in [-0.2, 0) is 17.6 Å². The van der Waals surface area contributed by atoms with E-state index in [0.29, 0.717) is 12.0 Å². The zero-order chi connectivity index (χ0) is 14.7. The van der Waals surface area contributed by atoms with Gasteiger partial charge in [0.2, 0.25) is 0 Å². The molecule has 0 aliphatic carbocycles. The number of carboxylic acid groups (broad SMARTS) is 1. The molecule has 2 aromatic rings. The van der Waals surface area contributed by atoms with Gasteiger partial charge in [-0.2, -0.15) is 0 Å². The first kappa shape index (κ1) is 13.8. The standard InChI is InChI=1S/C17H17NO3/c19-17(20)15-7-9-18-11-13(15)5-6-16-14-4-2-1-3-12(14)8-10-21-16/h1-4,7,9,11,16H,5-6,8,10H2,(H,19,20). The van der Waals surface area contributed by atoms with Crippen molar-refractivity contribution in [2.45, 2.75) is 25.4 Å². The molecule has 4 heteroatoms. The number of aryl methyl sites for hydroxylation is 1. The molecule has 108 valence electrons. The van der Waals surface area contributed by atoms with Crippen LogP contribution in [0, 0.1) is 0 Å². The summed E-state index contributed by atoms with van der Waals surface area (Å²) in [7, 11) is 0. The Kier molecular flexibility index (Phi) is 3.97. The van der Waals surface area contributed by atoms with Gasteiger partial charge in [-0.05, 0) is 42.0 Å². The van der Waals surface area contributed by atoms with Gasteiger partial charge in [-0.3, -0.25) is 4.98 Å². The smallest absolute Gasteiger partial charge is 0.336 e. The Morgan fingerprint density at radius 1 is 1.33 bits per heavy atom. The van der Waals surface area contributed by atoms with Crippen LogP contribution in [0.15, 0.2) is 42.7 Å². The highest BCUT2D eigenvalue weighted by molar-refractivity contribution is 5.89. The lowest BCUT2D eigenvalue weighted by Crippen LogP contribution is -2.17. The number of ether oxygens (including phenoxy) is 1. The van der Waals surface area contributed by atoms with E-state index in [1.54, 1.807) is 12.3 Å². The van der Waals surface area contributed by atoms with Crippen molar-refractivity contribution in [2.75, 3.05) is 6.61 Å². The molecule has 0 radical (unpaired) electrons. The summed E-state index contributed by atoms with van der Waals surface area (Å²) < 4.78 is 5.86. The van der Waals surface area contributed by atoms with Gasteiger partial charge >= 0.3 is 5.97 Å². The summed E-state index contributed by atoms with van der Waals surface area (Å²) in [6.45, 7) is 0.723. The first-order valence-electron chi connectivity index (χ1n) is 7.11. The summed E-state index contributed by atoms with van der Waals surface area (Å²) in [6.07, 6.45) is 5.55. The van der Waals surface area contributed by atoms with E-state index in [0.717, 1.165) is 25.0 Å². The molecule has 1 aromatic carbocycles. The van der Waals surface area contributed by atoms with E-state index in [-0.39, 0.29) is 6.10 Å². The van der Waals surface area contributed by atoms with Crippen molar-refractivity contribution < 1.29 is 14.6 Å². The summed E-state index contributed by atoms with van der Waals surface area (Å²) in [5.74, 6) is -0.905. The van der Waals surface area contributed by atoms with Crippen LogP contribution in [0.1, 0.15) is 39.6 Å². The molecule has 1 atom stereocenters. The molecule has 1 unspecified atom stereocenters. The molecule has 1 aliphatic rings. The molecular weight excluding hydrogens is 266 g/mol. The predicted octanol–water partition coefficient (Wildman–Crippen LogP) is 3.03. The van der Waals surface area contributed by atoms with E-state index < -0.39 is 5.97 Å². The summed E-state index contributed by atoms with van der Waals surface area (Å²) in [4.78, 5) is 15.2. The van der Waals surface area contributed by atoms with Gasteiger partial charge in [0.1, 0.15) is 0 Å². The van der Waals surface area contributed by atoms with Gasteiger partial charge in [0.25, 0.3) is 0 Å². The third-order valence-corrected chi connectivity index (χ3v) is 3.90. The first-order valence-corrected chi connectivity index (χ1v) is 7.11. The normalized spacial score (nSPS) is 17.2. The zero-order valence-electron chi connectivity index (χ0n) is 11.7. The second-order valence-electron chi connectivity index (χ2n) is 5.18. The number of hydrogen-bond donors (Lipinski definition) is 1. The van der Waals surface area contributed by atoms with E-state index in [4.69, 9.17) is 4.74 Å². The molecule has 0 saturated heterocycles. The lowest BCUT2D eigenvalue weighted by molar-refractivity contribution is 0.0366. The minimum atomic E-state index is -0.905. The molecule has 21 heavy (non-hydrogen) atoms. The monoisotopic (exact) mass is 283 g/mol. The highest BCUT2D eigenvalue weighted by atomic mass is 16.5. The number of aromatic carboxylic acids is 1. The van der Waals surface area contributed by atoms with E-state index in [2.05, 4.69) is 17.1 Å². The number of pyridine rings is 1. The number of hydrogen-bond acceptors (Lipinski definition) is 3. The van der Waals surface area contributed by atoms with E-state index in [1.807, 2.05) is 12.1 Å². The molecule has 1 aliphatic heterocycles. The molecule has 3 rings (SSSR count). The Bertz CT molecular complexity index is 654. The minimum Gasteiger partial charge on any atom is -0.478 e. The average molecular weight is 283 g/mol. The SMILES string of the molecule is O=C(O)c1ccncc1CCC1OCCc2ccccc21. The molecule has 0 saturated carbocycles. The van der Waals surface area contributed by atoms with Crippen molar-refractivity contribution in [1.82, 2.24) is 4.98 Å². The quantitative estimate of drug-likeness (QED) is 0.937. The summed E-state index contributed by atoms with van der Waals surface area (Å²) in [5, 5.41) is 9.20. The Balaban J connectivity index is 1.76. The van der Waals surface area contributed by atoms with Crippen molar-refractivity contribution in [3.05, 3.63) is 65.0 Å². The number of carboxylic acids is 1. The number of benzene rings is 1. The van der Waals surface area contributed by atoms with Crippen LogP contribution in [0.2, 0.25) is 0 Å². The Labute approximate surface area is 123 Å². The number of rotatable bonds is 4. The van der Waals surface area contributed by atoms with Gasteiger partial charge < -0.3 is 9.84 Å². The van der Waals surface area contributed by atoms with Crippen LogP contribution >= 0.6 is 0 Å². The topological polar surface area (TPSA) is 59.4 Å². The van der Waals surface area contributed by atoms with Crippen LogP contribution in [0.3, 0.4) is 0 Å². The first-order chi connectivity index (χ1) is 10.3. The number of nitrogens with zero attached hydrogens (tertiary/aromatic N) is 1. The van der Waals surface area contributed by atoms with E-state index >= 15 is 0 Å². The van der Waals surface area contributed by atoms with Crippen molar-refractivity contribution >= 4 is 5.97 Å². The Morgan fingerprint density at radius 2 is 2.19 bits per heavy atom. The second-order valence-corrected chi connectivity index (χ2v) is 5.18. The van der Waals surface area contributed by atoms with Crippen LogP contribution in [0.4, 0.5) is 0 Å². The van der Waals surface area contributed by atoms with Crippen molar-refractivity contribution in [3.8, 4) is 0 Å².